The van der Waals surface area contributed by atoms with E-state index in [-0.39, 0.29) is 38.3 Å². The van der Waals surface area contributed by atoms with Crippen molar-refractivity contribution in [2.75, 3.05) is 70.8 Å². The highest BCUT2D eigenvalue weighted by Gasteiger charge is 2.20. The Hall–Kier alpha value is -4.54. The summed E-state index contributed by atoms with van der Waals surface area (Å²) in [5.41, 5.74) is 1.51. The summed E-state index contributed by atoms with van der Waals surface area (Å²) in [4.78, 5) is 78.5. The number of anilines is 1. The number of carboxylic acids is 4. The van der Waals surface area contributed by atoms with Crippen LogP contribution in [-0.2, 0) is 30.5 Å². The number of rotatable bonds is 21. The van der Waals surface area contributed by atoms with Gasteiger partial charge in [-0.2, -0.15) is 0 Å². The number of isothiocyanates is 1. The highest BCUT2D eigenvalue weighted by Crippen LogP contribution is 2.21. The van der Waals surface area contributed by atoms with Crippen LogP contribution in [0.2, 0.25) is 0 Å². The molecule has 5 N–H and O–H groups in total. The molecule has 16 nitrogen and oxygen atoms in total. The first-order valence-electron chi connectivity index (χ1n) is 13.8. The van der Waals surface area contributed by atoms with Crippen LogP contribution in [-0.4, -0.2) is 140 Å². The lowest BCUT2D eigenvalue weighted by molar-refractivity contribution is -0.143. The Morgan fingerprint density at radius 3 is 1.87 bits per heavy atom. The number of thiocarbonyl (C=S) groups is 1. The van der Waals surface area contributed by atoms with E-state index in [1.165, 1.54) is 15.9 Å². The molecule has 45 heavy (non-hydrogen) atoms. The van der Waals surface area contributed by atoms with E-state index in [9.17, 15) is 39.0 Å². The maximum Gasteiger partial charge on any atom is 0.317 e. The number of hydrogen-bond acceptors (Lipinski definition) is 11. The molecule has 0 spiro atoms. The third-order valence-electron chi connectivity index (χ3n) is 6.59. The number of carbonyl (C=O) groups excluding carboxylic acids is 1. The quantitative estimate of drug-likeness (QED) is 0.0682. The molecule has 1 amide bonds. The van der Waals surface area contributed by atoms with Crippen molar-refractivity contribution in [1.82, 2.24) is 19.3 Å². The van der Waals surface area contributed by atoms with Gasteiger partial charge in [-0.05, 0) is 43.3 Å². The minimum atomic E-state index is -1.25. The normalized spacial score (nSPS) is 11.1. The van der Waals surface area contributed by atoms with Gasteiger partial charge in [-0.3, -0.25) is 43.5 Å². The van der Waals surface area contributed by atoms with Gasteiger partial charge >= 0.3 is 23.9 Å². The van der Waals surface area contributed by atoms with E-state index in [2.05, 4.69) is 27.7 Å². The molecule has 0 aliphatic carbocycles. The van der Waals surface area contributed by atoms with Crippen LogP contribution in [0.1, 0.15) is 12.0 Å². The van der Waals surface area contributed by atoms with Gasteiger partial charge in [-0.1, -0.05) is 6.07 Å². The number of fused-ring (bicyclic) bond motifs is 1. The van der Waals surface area contributed by atoms with Gasteiger partial charge in [0, 0.05) is 49.9 Å². The Morgan fingerprint density at radius 2 is 1.33 bits per heavy atom. The van der Waals surface area contributed by atoms with E-state index >= 15 is 0 Å². The van der Waals surface area contributed by atoms with E-state index < -0.39 is 56.0 Å². The Kier molecular flexibility index (Phi) is 14.9. The second-order valence-corrected chi connectivity index (χ2v) is 10.4. The van der Waals surface area contributed by atoms with Crippen LogP contribution in [0.4, 0.5) is 5.69 Å². The molecule has 0 atom stereocenters. The van der Waals surface area contributed by atoms with Gasteiger partial charge in [-0.25, -0.2) is 4.99 Å². The van der Waals surface area contributed by atoms with Crippen LogP contribution in [0.25, 0.3) is 10.9 Å². The first-order valence-corrected chi connectivity index (χ1v) is 14.2. The molecule has 0 bridgehead atoms. The zero-order chi connectivity index (χ0) is 33.5. The number of hydrogen-bond donors (Lipinski definition) is 5. The van der Waals surface area contributed by atoms with Gasteiger partial charge in [0.1, 0.15) is 0 Å². The first kappa shape index (κ1) is 36.7. The van der Waals surface area contributed by atoms with E-state index in [1.54, 1.807) is 29.7 Å². The fourth-order valence-corrected chi connectivity index (χ4v) is 4.73. The topological polar surface area (TPSA) is 222 Å². The summed E-state index contributed by atoms with van der Waals surface area (Å²) < 4.78 is 1.57. The number of aliphatic carboxylic acids is 4. The average Bonchev–Trinajstić information content (AvgIpc) is 2.92. The standard InChI is InChI=1S/C28H36N6O10S/c1-19-11-24(36)34(6-2-5-29-18-45)22-12-20(3-4-21(19)22)30-23(35)13-32(15-26(39)40)9-7-31(14-25(37)38)8-10-33(16-27(41)42)17-28(43)44/h3-4,11-12H,2,5-10,13-17H2,1H3,(H,30,35)(H,37,38)(H,39,40)(H,41,42)(H,43,44). The number of aromatic nitrogens is 1. The third kappa shape index (κ3) is 13.3. The number of nitrogens with zero attached hydrogens (tertiary/aromatic N) is 5. The van der Waals surface area contributed by atoms with Crippen LogP contribution < -0.4 is 10.9 Å². The lowest BCUT2D eigenvalue weighted by atomic mass is 10.1. The van der Waals surface area contributed by atoms with Crippen LogP contribution in [0.3, 0.4) is 0 Å². The monoisotopic (exact) mass is 648 g/mol. The van der Waals surface area contributed by atoms with E-state index in [0.717, 1.165) is 15.8 Å². The Bertz CT molecular complexity index is 1490. The average molecular weight is 649 g/mol. The Labute approximate surface area is 263 Å². The number of aryl methyl sites for hydroxylation is 2. The van der Waals surface area contributed by atoms with Crippen LogP contribution in [0, 0.1) is 6.92 Å². The lowest BCUT2D eigenvalue weighted by Crippen LogP contribution is -2.46. The molecule has 0 aliphatic rings. The first-order chi connectivity index (χ1) is 21.3. The van der Waals surface area contributed by atoms with Gasteiger partial charge < -0.3 is 30.3 Å². The molecule has 1 aromatic carbocycles. The molecule has 0 aliphatic heterocycles. The fraction of sp³-hybridized carbons (Fsp3) is 0.464. The lowest BCUT2D eigenvalue weighted by Gasteiger charge is -2.27. The van der Waals surface area contributed by atoms with Gasteiger partial charge in [0.2, 0.25) is 5.91 Å². The van der Waals surface area contributed by atoms with Gasteiger partial charge in [0.15, 0.2) is 0 Å². The number of carboxylic acid groups (broad SMARTS) is 4. The molecule has 0 fully saturated rings. The number of benzene rings is 1. The summed E-state index contributed by atoms with van der Waals surface area (Å²) in [6, 6.07) is 6.60. The maximum absolute atomic E-state index is 13.0. The number of carbonyl (C=O) groups is 5. The maximum atomic E-state index is 13.0. The molecular weight excluding hydrogens is 612 g/mol. The number of amides is 1. The smallest absolute Gasteiger partial charge is 0.317 e. The molecule has 244 valence electrons. The van der Waals surface area contributed by atoms with Crippen LogP contribution >= 0.6 is 12.2 Å². The predicted octanol–water partition coefficient (Wildman–Crippen LogP) is -0.0143. The minimum Gasteiger partial charge on any atom is -0.480 e. The molecular formula is C28H36N6O10S. The second-order valence-electron chi connectivity index (χ2n) is 10.2. The second kappa shape index (κ2) is 18.3. The number of pyridine rings is 1. The molecule has 17 heteroatoms. The predicted molar refractivity (Wildman–Crippen MR) is 166 cm³/mol. The summed E-state index contributed by atoms with van der Waals surface area (Å²) in [5, 5.41) is 42.6. The van der Waals surface area contributed by atoms with Gasteiger partial charge in [0.05, 0.1) is 49.9 Å². The minimum absolute atomic E-state index is 0.00432. The summed E-state index contributed by atoms with van der Waals surface area (Å²) in [5.74, 6) is -5.46. The molecule has 0 saturated heterocycles. The van der Waals surface area contributed by atoms with E-state index in [0.29, 0.717) is 30.7 Å². The summed E-state index contributed by atoms with van der Waals surface area (Å²) in [6.45, 7) is -0.0612. The molecule has 0 radical (unpaired) electrons. The Balaban J connectivity index is 2.15. The largest absolute Gasteiger partial charge is 0.480 e. The number of nitrogens with one attached hydrogen (secondary N) is 1. The van der Waals surface area contributed by atoms with Crippen molar-refractivity contribution < 1.29 is 44.4 Å². The Morgan fingerprint density at radius 1 is 0.822 bits per heavy atom. The zero-order valence-corrected chi connectivity index (χ0v) is 25.5. The molecule has 0 unspecified atom stereocenters. The van der Waals surface area contributed by atoms with Crippen molar-refractivity contribution in [3.8, 4) is 0 Å². The third-order valence-corrected chi connectivity index (χ3v) is 6.72. The van der Waals surface area contributed by atoms with E-state index in [4.69, 9.17) is 10.2 Å². The molecule has 0 saturated carbocycles. The SMILES string of the molecule is Cc1cc(=O)n(CCCN=C=S)c2cc(NC(=O)CN(CCN(CCN(CC(=O)O)CC(=O)O)CC(=O)O)CC(=O)O)ccc12. The van der Waals surface area contributed by atoms with Crippen molar-refractivity contribution >= 4 is 63.8 Å². The van der Waals surface area contributed by atoms with Crippen molar-refractivity contribution in [3.05, 3.63) is 40.2 Å². The van der Waals surface area contributed by atoms with Crippen molar-refractivity contribution in [1.29, 1.82) is 0 Å². The molecule has 2 aromatic rings. The van der Waals surface area contributed by atoms with E-state index in [1.807, 2.05) is 0 Å². The zero-order valence-electron chi connectivity index (χ0n) is 24.7. The van der Waals surface area contributed by atoms with Gasteiger partial charge in [-0.15, -0.1) is 0 Å². The highest BCUT2D eigenvalue weighted by molar-refractivity contribution is 7.78. The summed E-state index contributed by atoms with van der Waals surface area (Å²) in [7, 11) is 0. The van der Waals surface area contributed by atoms with Crippen molar-refractivity contribution in [2.24, 2.45) is 4.99 Å². The van der Waals surface area contributed by atoms with Crippen LogP contribution in [0.15, 0.2) is 34.1 Å². The molecule has 1 heterocycles. The molecule has 1 aromatic heterocycles. The van der Waals surface area contributed by atoms with Crippen molar-refractivity contribution in [2.45, 2.75) is 19.9 Å². The van der Waals surface area contributed by atoms with Crippen LogP contribution in [0.5, 0.6) is 0 Å². The summed E-state index contributed by atoms with van der Waals surface area (Å²) >= 11 is 4.58. The van der Waals surface area contributed by atoms with Crippen molar-refractivity contribution in [3.63, 3.8) is 0 Å². The fourth-order valence-electron chi connectivity index (χ4n) is 4.64. The number of aliphatic imine (C=N–C) groups is 1. The molecule has 2 rings (SSSR count). The highest BCUT2D eigenvalue weighted by atomic mass is 32.1. The summed E-state index contributed by atoms with van der Waals surface area (Å²) in [6.07, 6.45) is 0.540. The van der Waals surface area contributed by atoms with Gasteiger partial charge in [0.25, 0.3) is 5.56 Å².